The zero-order chi connectivity index (χ0) is 16.7. The summed E-state index contributed by atoms with van der Waals surface area (Å²) in [6.07, 6.45) is 2.00. The second-order valence-electron chi connectivity index (χ2n) is 5.24. The maximum Gasteiger partial charge on any atom is 0.187 e. The van der Waals surface area contributed by atoms with Crippen LogP contribution in [-0.4, -0.2) is 14.4 Å². The van der Waals surface area contributed by atoms with Gasteiger partial charge in [0.1, 0.15) is 5.69 Å². The molecule has 0 amide bonds. The number of rotatable bonds is 3. The molecule has 3 heterocycles. The van der Waals surface area contributed by atoms with Crippen LogP contribution in [0.15, 0.2) is 52.4 Å². The third kappa shape index (κ3) is 2.70. The molecule has 0 atom stereocenters. The average Bonchev–Trinajstić information content (AvgIpc) is 3.14. The van der Waals surface area contributed by atoms with Crippen molar-refractivity contribution in [2.24, 2.45) is 0 Å². The third-order valence-electron chi connectivity index (χ3n) is 3.64. The van der Waals surface area contributed by atoms with Gasteiger partial charge >= 0.3 is 0 Å². The summed E-state index contributed by atoms with van der Waals surface area (Å²) in [5.41, 5.74) is 4.56. The number of nitrogens with one attached hydrogen (secondary N) is 1. The van der Waals surface area contributed by atoms with Crippen LogP contribution in [0.2, 0.25) is 5.02 Å². The first-order valence-electron chi connectivity index (χ1n) is 7.24. The van der Waals surface area contributed by atoms with E-state index in [1.807, 2.05) is 59.3 Å². The van der Waals surface area contributed by atoms with Crippen LogP contribution in [0.3, 0.4) is 0 Å². The van der Waals surface area contributed by atoms with Gasteiger partial charge < -0.3 is 5.32 Å². The maximum absolute atomic E-state index is 6.20. The summed E-state index contributed by atoms with van der Waals surface area (Å²) >= 11 is 11.3. The number of para-hydroxylation sites is 1. The predicted octanol–water partition coefficient (Wildman–Crippen LogP) is 5.93. The Balaban J connectivity index is 1.75. The number of imidazole rings is 1. The molecule has 0 aliphatic carbocycles. The second kappa shape index (κ2) is 6.20. The molecular formula is C17H12BrClN4S. The average molecular weight is 420 g/mol. The lowest BCUT2D eigenvalue weighted by atomic mass is 10.3. The van der Waals surface area contributed by atoms with Crippen molar-refractivity contribution in [2.45, 2.75) is 6.92 Å². The molecule has 0 fully saturated rings. The molecule has 0 spiro atoms. The predicted molar refractivity (Wildman–Crippen MR) is 103 cm³/mol. The Morgan fingerprint density at radius 1 is 1.17 bits per heavy atom. The van der Waals surface area contributed by atoms with Crippen molar-refractivity contribution in [2.75, 3.05) is 5.32 Å². The highest BCUT2D eigenvalue weighted by Gasteiger charge is 2.15. The van der Waals surface area contributed by atoms with Crippen molar-refractivity contribution < 1.29 is 0 Å². The number of aromatic nitrogens is 3. The molecule has 3 aromatic heterocycles. The van der Waals surface area contributed by atoms with E-state index in [0.29, 0.717) is 5.02 Å². The van der Waals surface area contributed by atoms with Crippen LogP contribution >= 0.6 is 38.9 Å². The fourth-order valence-electron chi connectivity index (χ4n) is 2.57. The number of hydrogen-bond acceptors (Lipinski definition) is 4. The fraction of sp³-hybridized carbons (Fsp3) is 0.0588. The first-order chi connectivity index (χ1) is 11.6. The monoisotopic (exact) mass is 418 g/mol. The summed E-state index contributed by atoms with van der Waals surface area (Å²) in [7, 11) is 0. The van der Waals surface area contributed by atoms with Gasteiger partial charge in [-0.3, -0.25) is 4.40 Å². The van der Waals surface area contributed by atoms with Gasteiger partial charge in [-0.1, -0.05) is 23.7 Å². The van der Waals surface area contributed by atoms with Crippen LogP contribution < -0.4 is 5.32 Å². The van der Waals surface area contributed by atoms with Gasteiger partial charge in [-0.05, 0) is 47.1 Å². The normalized spacial score (nSPS) is 11.1. The highest BCUT2D eigenvalue weighted by atomic mass is 79.9. The summed E-state index contributed by atoms with van der Waals surface area (Å²) in [4.78, 5) is 9.34. The number of thiazole rings is 1. The van der Waals surface area contributed by atoms with E-state index < -0.39 is 0 Å². The summed E-state index contributed by atoms with van der Waals surface area (Å²) in [6, 6.07) is 11.6. The molecule has 7 heteroatoms. The molecule has 120 valence electrons. The van der Waals surface area contributed by atoms with Crippen LogP contribution in [0.4, 0.5) is 10.8 Å². The molecule has 4 aromatic rings. The van der Waals surface area contributed by atoms with Crippen LogP contribution in [0.25, 0.3) is 17.0 Å². The number of pyridine rings is 1. The largest absolute Gasteiger partial charge is 0.330 e. The van der Waals surface area contributed by atoms with E-state index in [2.05, 4.69) is 26.2 Å². The molecule has 24 heavy (non-hydrogen) atoms. The molecular weight excluding hydrogens is 408 g/mol. The first kappa shape index (κ1) is 15.6. The summed E-state index contributed by atoms with van der Waals surface area (Å²) in [5, 5.41) is 6.76. The van der Waals surface area contributed by atoms with Gasteiger partial charge in [0.15, 0.2) is 10.8 Å². The quantitative estimate of drug-likeness (QED) is 0.448. The minimum absolute atomic E-state index is 0.671. The van der Waals surface area contributed by atoms with E-state index in [1.165, 1.54) is 11.3 Å². The summed E-state index contributed by atoms with van der Waals surface area (Å²) in [5.74, 6) is 0. The lowest BCUT2D eigenvalue weighted by molar-refractivity contribution is 1.17. The van der Waals surface area contributed by atoms with Crippen LogP contribution in [0, 0.1) is 6.92 Å². The van der Waals surface area contributed by atoms with Gasteiger partial charge in [-0.2, -0.15) is 0 Å². The van der Waals surface area contributed by atoms with Crippen LogP contribution in [0.5, 0.6) is 0 Å². The zero-order valence-electron chi connectivity index (χ0n) is 12.6. The molecule has 0 saturated heterocycles. The first-order valence-corrected chi connectivity index (χ1v) is 9.29. The van der Waals surface area contributed by atoms with Gasteiger partial charge in [-0.15, -0.1) is 11.3 Å². The van der Waals surface area contributed by atoms with E-state index >= 15 is 0 Å². The summed E-state index contributed by atoms with van der Waals surface area (Å²) in [6.45, 7) is 2.00. The van der Waals surface area contributed by atoms with E-state index in [9.17, 15) is 0 Å². The van der Waals surface area contributed by atoms with Gasteiger partial charge in [0, 0.05) is 11.6 Å². The van der Waals surface area contributed by atoms with E-state index in [-0.39, 0.29) is 0 Å². The Hall–Kier alpha value is -1.89. The number of fused-ring (bicyclic) bond motifs is 1. The molecule has 0 aliphatic heterocycles. The fourth-order valence-corrected chi connectivity index (χ4v) is 3.90. The lowest BCUT2D eigenvalue weighted by Crippen LogP contribution is -1.92. The van der Waals surface area contributed by atoms with E-state index in [4.69, 9.17) is 16.6 Å². The number of halogens is 2. The van der Waals surface area contributed by atoms with Crippen molar-refractivity contribution >= 4 is 55.3 Å². The molecule has 1 aromatic carbocycles. The maximum atomic E-state index is 6.20. The molecule has 0 radical (unpaired) electrons. The Kier molecular flexibility index (Phi) is 4.04. The number of nitrogens with zero attached hydrogens (tertiary/aromatic N) is 3. The van der Waals surface area contributed by atoms with Gasteiger partial charge in [0.05, 0.1) is 26.6 Å². The van der Waals surface area contributed by atoms with Gasteiger partial charge in [-0.25, -0.2) is 9.97 Å². The minimum atomic E-state index is 0.671. The van der Waals surface area contributed by atoms with Crippen LogP contribution in [0.1, 0.15) is 5.69 Å². The number of anilines is 2. The van der Waals surface area contributed by atoms with Gasteiger partial charge in [0.2, 0.25) is 0 Å². The molecule has 4 nitrogen and oxygen atoms in total. The van der Waals surface area contributed by atoms with E-state index in [0.717, 1.165) is 38.0 Å². The number of benzene rings is 1. The van der Waals surface area contributed by atoms with Crippen molar-refractivity contribution in [3.05, 3.63) is 63.2 Å². The standard InChI is InChI=1S/C17H12BrClN4S/c1-10-15(23-8-4-5-11(18)16(23)20-10)14-9-24-17(22-14)21-13-7-3-2-6-12(13)19/h2-9H,1H3,(H,21,22). The van der Waals surface area contributed by atoms with Crippen molar-refractivity contribution in [3.63, 3.8) is 0 Å². The molecule has 4 rings (SSSR count). The Bertz CT molecular complexity index is 1040. The van der Waals surface area contributed by atoms with Gasteiger partial charge in [0.25, 0.3) is 0 Å². The number of hydrogen-bond donors (Lipinski definition) is 1. The highest BCUT2D eigenvalue weighted by molar-refractivity contribution is 9.10. The molecule has 0 saturated carbocycles. The SMILES string of the molecule is Cc1nc2c(Br)cccn2c1-c1csc(Nc2ccccc2Cl)n1. The number of aryl methyl sites for hydroxylation is 1. The van der Waals surface area contributed by atoms with E-state index in [1.54, 1.807) is 0 Å². The van der Waals surface area contributed by atoms with Crippen LogP contribution in [-0.2, 0) is 0 Å². The Morgan fingerprint density at radius 2 is 2.00 bits per heavy atom. The topological polar surface area (TPSA) is 42.2 Å². The second-order valence-corrected chi connectivity index (χ2v) is 7.36. The van der Waals surface area contributed by atoms with Crippen molar-refractivity contribution in [1.29, 1.82) is 0 Å². The molecule has 0 bridgehead atoms. The molecule has 0 unspecified atom stereocenters. The Labute approximate surface area is 156 Å². The third-order valence-corrected chi connectivity index (χ3v) is 5.35. The summed E-state index contributed by atoms with van der Waals surface area (Å²) < 4.78 is 3.01. The lowest BCUT2D eigenvalue weighted by Gasteiger charge is -2.04. The molecule has 0 aliphatic rings. The Morgan fingerprint density at radius 3 is 2.83 bits per heavy atom. The minimum Gasteiger partial charge on any atom is -0.330 e. The highest BCUT2D eigenvalue weighted by Crippen LogP contribution is 2.32. The smallest absolute Gasteiger partial charge is 0.187 e. The molecule has 1 N–H and O–H groups in total. The van der Waals surface area contributed by atoms with Crippen molar-refractivity contribution in [3.8, 4) is 11.4 Å². The van der Waals surface area contributed by atoms with Crippen molar-refractivity contribution in [1.82, 2.24) is 14.4 Å². The zero-order valence-corrected chi connectivity index (χ0v) is 15.8.